The van der Waals surface area contributed by atoms with Gasteiger partial charge in [-0.2, -0.15) is 13.2 Å². The molecule has 2 N–H and O–H groups in total. The van der Waals surface area contributed by atoms with Crippen molar-refractivity contribution in [1.29, 1.82) is 0 Å². The van der Waals surface area contributed by atoms with Gasteiger partial charge >= 0.3 is 12.1 Å². The van der Waals surface area contributed by atoms with E-state index in [2.05, 4.69) is 5.32 Å². The Kier molecular flexibility index (Phi) is 4.50. The lowest BCUT2D eigenvalue weighted by molar-refractivity contribution is -0.173. The van der Waals surface area contributed by atoms with E-state index in [0.717, 1.165) is 0 Å². The number of carbonyl (C=O) groups excluding carboxylic acids is 2. The fourth-order valence-corrected chi connectivity index (χ4v) is 1.64. The normalized spacial score (nSPS) is 11.0. The van der Waals surface area contributed by atoms with E-state index in [1.54, 1.807) is 23.5 Å². The van der Waals surface area contributed by atoms with Gasteiger partial charge in [0.2, 0.25) is 0 Å². The molecule has 5 nitrogen and oxygen atoms in total. The van der Waals surface area contributed by atoms with Gasteiger partial charge in [-0.1, -0.05) is 12.1 Å². The van der Waals surface area contributed by atoms with Gasteiger partial charge in [-0.25, -0.2) is 0 Å². The Labute approximate surface area is 123 Å². The summed E-state index contributed by atoms with van der Waals surface area (Å²) in [5.74, 6) is -2.39. The standard InChI is InChI=1S/C14H11F3N2O3/c15-14(16,17)13(21)18-8-9-3-1-4-10(7-9)19-12(20)11-5-2-6-22-11/h1-7H,8H2,(H,18,21)(H,19,20). The van der Waals surface area contributed by atoms with Crippen molar-refractivity contribution in [3.05, 3.63) is 54.0 Å². The van der Waals surface area contributed by atoms with Crippen molar-refractivity contribution in [2.75, 3.05) is 5.32 Å². The first-order valence-corrected chi connectivity index (χ1v) is 6.15. The third-order valence-electron chi connectivity index (χ3n) is 2.64. The van der Waals surface area contributed by atoms with Gasteiger partial charge in [0.1, 0.15) is 0 Å². The number of hydrogen-bond acceptors (Lipinski definition) is 3. The summed E-state index contributed by atoms with van der Waals surface area (Å²) in [4.78, 5) is 22.5. The zero-order valence-electron chi connectivity index (χ0n) is 11.1. The van der Waals surface area contributed by atoms with E-state index >= 15 is 0 Å². The average molecular weight is 312 g/mol. The first-order valence-electron chi connectivity index (χ1n) is 6.15. The molecular formula is C14H11F3N2O3. The van der Waals surface area contributed by atoms with E-state index in [1.807, 2.05) is 0 Å². The van der Waals surface area contributed by atoms with E-state index in [0.29, 0.717) is 11.3 Å². The van der Waals surface area contributed by atoms with Crippen LogP contribution >= 0.6 is 0 Å². The number of amides is 2. The number of nitrogens with one attached hydrogen (secondary N) is 2. The maximum absolute atomic E-state index is 12.1. The summed E-state index contributed by atoms with van der Waals surface area (Å²) >= 11 is 0. The highest BCUT2D eigenvalue weighted by Gasteiger charge is 2.38. The minimum absolute atomic E-state index is 0.107. The van der Waals surface area contributed by atoms with Crippen LogP contribution in [0.3, 0.4) is 0 Å². The van der Waals surface area contributed by atoms with Gasteiger partial charge in [0.05, 0.1) is 6.26 Å². The summed E-state index contributed by atoms with van der Waals surface area (Å²) < 4.78 is 41.2. The van der Waals surface area contributed by atoms with Crippen LogP contribution in [0.5, 0.6) is 0 Å². The quantitative estimate of drug-likeness (QED) is 0.912. The van der Waals surface area contributed by atoms with Crippen LogP contribution in [0.25, 0.3) is 0 Å². The summed E-state index contributed by atoms with van der Waals surface area (Å²) in [6, 6.07) is 9.13. The molecule has 1 aromatic carbocycles. The summed E-state index contributed by atoms with van der Waals surface area (Å²) in [5, 5.41) is 4.29. The van der Waals surface area contributed by atoms with E-state index in [-0.39, 0.29) is 12.3 Å². The van der Waals surface area contributed by atoms with Crippen molar-refractivity contribution >= 4 is 17.5 Å². The van der Waals surface area contributed by atoms with E-state index in [9.17, 15) is 22.8 Å². The maximum atomic E-state index is 12.1. The van der Waals surface area contributed by atoms with E-state index < -0.39 is 18.0 Å². The van der Waals surface area contributed by atoms with Crippen LogP contribution in [-0.2, 0) is 11.3 Å². The molecule has 1 heterocycles. The molecule has 8 heteroatoms. The Morgan fingerprint density at radius 3 is 2.55 bits per heavy atom. The first-order chi connectivity index (χ1) is 10.4. The summed E-state index contributed by atoms with van der Waals surface area (Å²) in [5.41, 5.74) is 0.787. The minimum Gasteiger partial charge on any atom is -0.459 e. The van der Waals surface area contributed by atoms with Crippen LogP contribution in [0.2, 0.25) is 0 Å². The predicted octanol–water partition coefficient (Wildman–Crippen LogP) is 2.71. The topological polar surface area (TPSA) is 71.3 Å². The molecule has 116 valence electrons. The molecule has 2 aromatic rings. The molecule has 2 amide bonds. The molecule has 0 fully saturated rings. The van der Waals surface area contributed by atoms with Crippen LogP contribution in [0.1, 0.15) is 16.1 Å². The third-order valence-corrected chi connectivity index (χ3v) is 2.64. The summed E-state index contributed by atoms with van der Waals surface area (Å²) in [6.45, 7) is -0.303. The van der Waals surface area contributed by atoms with Crippen molar-refractivity contribution in [1.82, 2.24) is 5.32 Å². The van der Waals surface area contributed by atoms with Gasteiger partial charge in [0.25, 0.3) is 5.91 Å². The Hall–Kier alpha value is -2.77. The smallest absolute Gasteiger partial charge is 0.459 e. The van der Waals surface area contributed by atoms with Crippen molar-refractivity contribution in [3.8, 4) is 0 Å². The molecule has 0 radical (unpaired) electrons. The molecule has 0 unspecified atom stereocenters. The molecule has 1 aromatic heterocycles. The van der Waals surface area contributed by atoms with Gasteiger partial charge in [0, 0.05) is 12.2 Å². The van der Waals surface area contributed by atoms with Crippen molar-refractivity contribution in [3.63, 3.8) is 0 Å². The Morgan fingerprint density at radius 2 is 1.91 bits per heavy atom. The molecule has 0 saturated carbocycles. The van der Waals surface area contributed by atoms with Crippen molar-refractivity contribution in [2.45, 2.75) is 12.7 Å². The third kappa shape index (κ3) is 4.11. The highest BCUT2D eigenvalue weighted by atomic mass is 19.4. The maximum Gasteiger partial charge on any atom is 0.471 e. The Bertz CT molecular complexity index is 666. The van der Waals surface area contributed by atoms with Crippen molar-refractivity contribution < 1.29 is 27.2 Å². The van der Waals surface area contributed by atoms with Gasteiger partial charge in [-0.05, 0) is 29.8 Å². The Morgan fingerprint density at radius 1 is 1.14 bits per heavy atom. The number of furan rings is 1. The zero-order valence-corrected chi connectivity index (χ0v) is 11.1. The van der Waals surface area contributed by atoms with Crippen LogP contribution in [0.15, 0.2) is 47.1 Å². The number of benzene rings is 1. The first kappa shape index (κ1) is 15.6. The lowest BCUT2D eigenvalue weighted by Gasteiger charge is -2.09. The molecule has 0 aliphatic carbocycles. The van der Waals surface area contributed by atoms with Gasteiger partial charge < -0.3 is 15.1 Å². The highest BCUT2D eigenvalue weighted by molar-refractivity contribution is 6.02. The number of hydrogen-bond donors (Lipinski definition) is 2. The molecule has 0 bridgehead atoms. The number of carbonyl (C=O) groups is 2. The van der Waals surface area contributed by atoms with Crippen LogP contribution in [0.4, 0.5) is 18.9 Å². The number of anilines is 1. The lowest BCUT2D eigenvalue weighted by Crippen LogP contribution is -2.36. The summed E-state index contributed by atoms with van der Waals surface area (Å²) in [6.07, 6.45) is -3.58. The monoisotopic (exact) mass is 312 g/mol. The van der Waals surface area contributed by atoms with Crippen LogP contribution in [0, 0.1) is 0 Å². The Balaban J connectivity index is 1.98. The molecule has 0 aliphatic rings. The lowest BCUT2D eigenvalue weighted by atomic mass is 10.2. The number of rotatable bonds is 4. The van der Waals surface area contributed by atoms with Gasteiger partial charge in [-0.15, -0.1) is 0 Å². The van der Waals surface area contributed by atoms with Crippen LogP contribution in [-0.4, -0.2) is 18.0 Å². The van der Waals surface area contributed by atoms with Gasteiger partial charge in [-0.3, -0.25) is 9.59 Å². The second kappa shape index (κ2) is 6.33. The summed E-state index contributed by atoms with van der Waals surface area (Å²) in [7, 11) is 0. The highest BCUT2D eigenvalue weighted by Crippen LogP contribution is 2.16. The molecule has 0 saturated heterocycles. The molecule has 0 spiro atoms. The average Bonchev–Trinajstić information content (AvgIpc) is 2.98. The molecule has 22 heavy (non-hydrogen) atoms. The molecule has 0 atom stereocenters. The van der Waals surface area contributed by atoms with Crippen LogP contribution < -0.4 is 10.6 Å². The molecule has 0 aliphatic heterocycles. The number of alkyl halides is 3. The zero-order chi connectivity index (χ0) is 16.2. The fourth-order valence-electron chi connectivity index (χ4n) is 1.64. The second-order valence-corrected chi connectivity index (χ2v) is 4.31. The largest absolute Gasteiger partial charge is 0.471 e. The van der Waals surface area contributed by atoms with Gasteiger partial charge in [0.15, 0.2) is 5.76 Å². The van der Waals surface area contributed by atoms with Crippen molar-refractivity contribution in [2.24, 2.45) is 0 Å². The minimum atomic E-state index is -4.93. The molecular weight excluding hydrogens is 301 g/mol. The second-order valence-electron chi connectivity index (χ2n) is 4.31. The SMILES string of the molecule is O=C(Nc1cccc(CNC(=O)C(F)(F)F)c1)c1ccco1. The molecule has 2 rings (SSSR count). The fraction of sp³-hybridized carbons (Fsp3) is 0.143. The predicted molar refractivity (Wildman–Crippen MR) is 71.0 cm³/mol. The number of halogens is 3. The van der Waals surface area contributed by atoms with E-state index in [4.69, 9.17) is 4.42 Å². The van der Waals surface area contributed by atoms with E-state index in [1.165, 1.54) is 24.5 Å².